The number of nitrogens with one attached hydrogen (secondary N) is 1. The molecule has 0 bridgehead atoms. The van der Waals surface area contributed by atoms with Crippen molar-refractivity contribution < 1.29 is 19.4 Å². The summed E-state index contributed by atoms with van der Waals surface area (Å²) in [4.78, 5) is 22.2. The lowest BCUT2D eigenvalue weighted by Crippen LogP contribution is -2.29. The van der Waals surface area contributed by atoms with Gasteiger partial charge in [-0.3, -0.25) is 9.59 Å². The monoisotopic (exact) mass is 241 g/mol. The van der Waals surface area contributed by atoms with E-state index >= 15 is 0 Å². The maximum Gasteiger partial charge on any atom is 0.307 e. The third kappa shape index (κ3) is 3.43. The molecule has 1 heterocycles. The predicted molar refractivity (Wildman–Crippen MR) is 60.4 cm³/mol. The smallest absolute Gasteiger partial charge is 0.307 e. The van der Waals surface area contributed by atoms with E-state index in [9.17, 15) is 9.59 Å². The highest BCUT2D eigenvalue weighted by Gasteiger charge is 2.48. The molecule has 2 atom stereocenters. The fourth-order valence-corrected chi connectivity index (χ4v) is 2.32. The Kier molecular flexibility index (Phi) is 3.99. The number of carbonyl (C=O) groups is 2. The van der Waals surface area contributed by atoms with Gasteiger partial charge < -0.3 is 15.2 Å². The summed E-state index contributed by atoms with van der Waals surface area (Å²) in [7, 11) is 0. The van der Waals surface area contributed by atoms with Gasteiger partial charge in [0.25, 0.3) is 0 Å². The second kappa shape index (κ2) is 5.49. The van der Waals surface area contributed by atoms with Crippen LogP contribution >= 0.6 is 0 Å². The van der Waals surface area contributed by atoms with Crippen LogP contribution < -0.4 is 5.32 Å². The summed E-state index contributed by atoms with van der Waals surface area (Å²) in [5, 5.41) is 11.5. The molecule has 1 saturated carbocycles. The minimum atomic E-state index is -0.852. The van der Waals surface area contributed by atoms with Crippen LogP contribution in [0.1, 0.15) is 25.7 Å². The zero-order valence-corrected chi connectivity index (χ0v) is 9.85. The Morgan fingerprint density at radius 2 is 1.94 bits per heavy atom. The van der Waals surface area contributed by atoms with Gasteiger partial charge in [-0.1, -0.05) is 0 Å². The van der Waals surface area contributed by atoms with Crippen molar-refractivity contribution in [3.63, 3.8) is 0 Å². The summed E-state index contributed by atoms with van der Waals surface area (Å²) in [5.74, 6) is -1.04. The van der Waals surface area contributed by atoms with Crippen molar-refractivity contribution in [3.05, 3.63) is 0 Å². The number of carbonyl (C=O) groups excluding carboxylic acids is 1. The van der Waals surface area contributed by atoms with E-state index in [1.54, 1.807) is 0 Å². The summed E-state index contributed by atoms with van der Waals surface area (Å²) < 4.78 is 5.26. The van der Waals surface area contributed by atoms with Crippen LogP contribution in [0.4, 0.5) is 0 Å². The Balaban J connectivity index is 1.59. The maximum absolute atomic E-state index is 11.6. The fourth-order valence-electron chi connectivity index (χ4n) is 2.32. The quantitative estimate of drug-likeness (QED) is 0.740. The van der Waals surface area contributed by atoms with E-state index in [2.05, 4.69) is 5.32 Å². The molecule has 1 aliphatic heterocycles. The zero-order chi connectivity index (χ0) is 12.3. The lowest BCUT2D eigenvalue weighted by Gasteiger charge is -2.21. The van der Waals surface area contributed by atoms with Crippen LogP contribution in [0, 0.1) is 17.8 Å². The number of aliphatic carboxylic acids is 1. The molecule has 2 aliphatic rings. The highest BCUT2D eigenvalue weighted by Crippen LogP contribution is 2.38. The van der Waals surface area contributed by atoms with E-state index < -0.39 is 11.9 Å². The van der Waals surface area contributed by atoms with Gasteiger partial charge in [0.05, 0.1) is 11.8 Å². The lowest BCUT2D eigenvalue weighted by atomic mass is 9.97. The molecule has 5 nitrogen and oxygen atoms in total. The number of rotatable bonds is 5. The van der Waals surface area contributed by atoms with Crippen LogP contribution in [0.25, 0.3) is 0 Å². The Bertz CT molecular complexity index is 299. The first kappa shape index (κ1) is 12.4. The Morgan fingerprint density at radius 3 is 2.53 bits per heavy atom. The van der Waals surface area contributed by atoms with Gasteiger partial charge in [0, 0.05) is 19.8 Å². The minimum absolute atomic E-state index is 0.0931. The van der Waals surface area contributed by atoms with E-state index in [1.165, 1.54) is 0 Å². The first-order valence-electron chi connectivity index (χ1n) is 6.26. The molecule has 2 N–H and O–H groups in total. The van der Waals surface area contributed by atoms with E-state index in [0.717, 1.165) is 32.5 Å². The molecule has 0 spiro atoms. The highest BCUT2D eigenvalue weighted by molar-refractivity contribution is 5.89. The molecule has 2 rings (SSSR count). The predicted octanol–water partition coefficient (Wildman–Crippen LogP) is 0.640. The molecule has 2 unspecified atom stereocenters. The molecule has 96 valence electrons. The summed E-state index contributed by atoms with van der Waals surface area (Å²) in [6.45, 7) is 2.30. The maximum atomic E-state index is 11.6. The normalized spacial score (nSPS) is 28.7. The molecular weight excluding hydrogens is 222 g/mol. The van der Waals surface area contributed by atoms with Crippen molar-refractivity contribution in [2.24, 2.45) is 17.8 Å². The summed E-state index contributed by atoms with van der Waals surface area (Å²) in [6.07, 6.45) is 3.60. The SMILES string of the molecule is O=C(O)C1CC1C(=O)NCCC1CCOCC1. The molecule has 1 amide bonds. The Hall–Kier alpha value is -1.10. The van der Waals surface area contributed by atoms with Crippen LogP contribution in [0.3, 0.4) is 0 Å². The topological polar surface area (TPSA) is 75.6 Å². The van der Waals surface area contributed by atoms with E-state index in [1.807, 2.05) is 0 Å². The van der Waals surface area contributed by atoms with Crippen molar-refractivity contribution in [2.75, 3.05) is 19.8 Å². The fraction of sp³-hybridized carbons (Fsp3) is 0.833. The number of ether oxygens (including phenoxy) is 1. The second-order valence-corrected chi connectivity index (χ2v) is 4.92. The van der Waals surface area contributed by atoms with Crippen LogP contribution in [0.2, 0.25) is 0 Å². The van der Waals surface area contributed by atoms with Gasteiger partial charge in [0.2, 0.25) is 5.91 Å². The number of carboxylic acid groups (broad SMARTS) is 1. The minimum Gasteiger partial charge on any atom is -0.481 e. The van der Waals surface area contributed by atoms with Crippen LogP contribution in [-0.2, 0) is 14.3 Å². The zero-order valence-electron chi connectivity index (χ0n) is 9.85. The van der Waals surface area contributed by atoms with Gasteiger partial charge in [-0.05, 0) is 31.6 Å². The van der Waals surface area contributed by atoms with Crippen LogP contribution in [0.15, 0.2) is 0 Å². The standard InChI is InChI=1S/C12H19NO4/c14-11(9-7-10(9)12(15)16)13-4-1-8-2-5-17-6-3-8/h8-10H,1-7H2,(H,13,14)(H,15,16). The molecule has 5 heteroatoms. The van der Waals surface area contributed by atoms with Crippen molar-refractivity contribution in [3.8, 4) is 0 Å². The third-order valence-corrected chi connectivity index (χ3v) is 3.64. The largest absolute Gasteiger partial charge is 0.481 e. The van der Waals surface area contributed by atoms with E-state index in [4.69, 9.17) is 9.84 Å². The molecule has 0 aromatic heterocycles. The van der Waals surface area contributed by atoms with E-state index in [0.29, 0.717) is 18.9 Å². The number of carboxylic acids is 1. The van der Waals surface area contributed by atoms with Crippen molar-refractivity contribution in [2.45, 2.75) is 25.7 Å². The molecule has 1 saturated heterocycles. The van der Waals surface area contributed by atoms with Crippen molar-refractivity contribution in [1.29, 1.82) is 0 Å². The second-order valence-electron chi connectivity index (χ2n) is 4.92. The summed E-state index contributed by atoms with van der Waals surface area (Å²) in [5.41, 5.74) is 0. The molecular formula is C12H19NO4. The van der Waals surface area contributed by atoms with Gasteiger partial charge in [-0.25, -0.2) is 0 Å². The van der Waals surface area contributed by atoms with Gasteiger partial charge in [-0.2, -0.15) is 0 Å². The number of hydrogen-bond donors (Lipinski definition) is 2. The molecule has 2 fully saturated rings. The van der Waals surface area contributed by atoms with Gasteiger partial charge >= 0.3 is 5.97 Å². The van der Waals surface area contributed by atoms with Gasteiger partial charge in [0.15, 0.2) is 0 Å². The molecule has 0 aromatic carbocycles. The molecule has 0 aromatic rings. The average Bonchev–Trinajstić information content (AvgIpc) is 3.10. The Labute approximate surface area is 101 Å². The van der Waals surface area contributed by atoms with Gasteiger partial charge in [-0.15, -0.1) is 0 Å². The van der Waals surface area contributed by atoms with Crippen molar-refractivity contribution >= 4 is 11.9 Å². The summed E-state index contributed by atoms with van der Waals surface area (Å²) in [6, 6.07) is 0. The van der Waals surface area contributed by atoms with Gasteiger partial charge in [0.1, 0.15) is 0 Å². The number of hydrogen-bond acceptors (Lipinski definition) is 3. The van der Waals surface area contributed by atoms with Crippen molar-refractivity contribution in [1.82, 2.24) is 5.32 Å². The van der Waals surface area contributed by atoms with Crippen LogP contribution in [-0.4, -0.2) is 36.7 Å². The molecule has 0 radical (unpaired) electrons. The first-order chi connectivity index (χ1) is 8.18. The average molecular weight is 241 g/mol. The Morgan fingerprint density at radius 1 is 1.24 bits per heavy atom. The molecule has 17 heavy (non-hydrogen) atoms. The first-order valence-corrected chi connectivity index (χ1v) is 6.26. The van der Waals surface area contributed by atoms with Crippen LogP contribution in [0.5, 0.6) is 0 Å². The lowest BCUT2D eigenvalue weighted by molar-refractivity contribution is -0.140. The highest BCUT2D eigenvalue weighted by atomic mass is 16.5. The number of amides is 1. The molecule has 1 aliphatic carbocycles. The summed E-state index contributed by atoms with van der Waals surface area (Å²) >= 11 is 0. The third-order valence-electron chi connectivity index (χ3n) is 3.64. The van der Waals surface area contributed by atoms with E-state index in [-0.39, 0.29) is 11.8 Å².